The quantitative estimate of drug-likeness (QED) is 0.0339. The van der Waals surface area contributed by atoms with Crippen LogP contribution < -0.4 is 85.9 Å². The molecule has 18 N–H and O–H groups in total. The molecule has 1 aromatic carbocycles. The number of imidazole rings is 1. The number of nitrogens with zero attached hydrogens (tertiary/aromatic N) is 2. The zero-order chi connectivity index (χ0) is 74.3. The number of amides is 12. The van der Waals surface area contributed by atoms with E-state index in [0.29, 0.717) is 10.6 Å². The van der Waals surface area contributed by atoms with Gasteiger partial charge in [0.05, 0.1) is 30.4 Å². The highest BCUT2D eigenvalue weighted by atomic mass is 32.2. The Morgan fingerprint density at radius 1 is 0.660 bits per heavy atom. The van der Waals surface area contributed by atoms with Crippen LogP contribution in [-0.2, 0) is 80.0 Å². The molecule has 1 fully saturated rings. The Balaban J connectivity index is 1.76. The lowest BCUT2D eigenvalue weighted by molar-refractivity contribution is -0.307. The highest BCUT2D eigenvalue weighted by Crippen LogP contribution is 2.27. The number of H-pyrrole nitrogens is 1. The number of rotatable bonds is 31. The van der Waals surface area contributed by atoms with Crippen LogP contribution in [0.15, 0.2) is 47.8 Å². The van der Waals surface area contributed by atoms with Gasteiger partial charge in [0, 0.05) is 49.6 Å². The van der Waals surface area contributed by atoms with E-state index < -0.39 is 192 Å². The molecule has 33 nitrogen and oxygen atoms in total. The second kappa shape index (κ2) is 42.1. The number of benzene rings is 1. The monoisotopic (exact) mass is 1420 g/mol. The molecule has 2 aliphatic heterocycles. The summed E-state index contributed by atoms with van der Waals surface area (Å²) in [6.45, 7) is 14.1. The van der Waals surface area contributed by atoms with Gasteiger partial charge in [-0.15, -0.1) is 0 Å². The van der Waals surface area contributed by atoms with Crippen LogP contribution in [-0.4, -0.2) is 189 Å². The van der Waals surface area contributed by atoms with Gasteiger partial charge in [0.25, 0.3) is 0 Å². The van der Waals surface area contributed by atoms with Crippen molar-refractivity contribution in [3.05, 3.63) is 54.1 Å². The van der Waals surface area contributed by atoms with Crippen molar-refractivity contribution < 1.29 is 77.3 Å². The molecule has 0 bridgehead atoms. The summed E-state index contributed by atoms with van der Waals surface area (Å²) in [4.78, 5) is 206. The Kier molecular flexibility index (Phi) is 35.1. The zero-order valence-electron chi connectivity index (χ0n) is 58.1. The lowest BCUT2D eigenvalue weighted by Crippen LogP contribution is -2.62. The summed E-state index contributed by atoms with van der Waals surface area (Å²) >= 11 is 1.19. The van der Waals surface area contributed by atoms with Gasteiger partial charge in [-0.3, -0.25) is 62.5 Å². The average molecular weight is 1420 g/mol. The van der Waals surface area contributed by atoms with E-state index in [1.165, 1.54) is 24.3 Å². The van der Waals surface area contributed by atoms with Crippen LogP contribution in [0, 0.1) is 23.7 Å². The van der Waals surface area contributed by atoms with Crippen LogP contribution in [0.5, 0.6) is 0 Å². The summed E-state index contributed by atoms with van der Waals surface area (Å²) in [5.74, 6) is -16.4. The maximum Gasteiger partial charge on any atom is 0.243 e. The standard InChI is InChI=1S/C66H103N17O16S/c1-9-35(6)52(69)66-72-32-48(100-66)63(97)80-43(26-34(4)5)59(93)75-42(22-23-50(85)86)58(92)83-53(36(7)10-2)64(98)76-40-20-15-16-25-71-55(89)46(29-49(68)84)78-62(96)47(30-51(87)88)79-61(95)45(28-39-31-70-33-73-39)77-60(94)44(27-38-18-13-12-14-19-38)81-65(99)54(37(8)11-3)82-57(91)41(21-17-24-67)74-56(40)90/h12-14,18-19,31,33-37,40-48,52-54H,9-11,15-17,20-30,32,67,69H2,1-8H3,(H2,68,84)(H,70,73)(H,71,89)(H,74,90)(H,75,93)(H,76,98)(H,77,94)(H,78,96)(H,79,95)(H,80,97)(H,81,99)(H,82,91)(H,83,92)(H,85,86)(H,87,88)/p-2/t35?,36?,37?,40-,41+,42+,43-,44+,45-,46-,47+,48?,52-,53-,54-/m0/s1. The molecule has 2 aromatic rings. The minimum atomic E-state index is -2.01. The molecule has 12 amide bonds. The summed E-state index contributed by atoms with van der Waals surface area (Å²) in [6, 6.07) is -7.73. The number of thioether (sulfide) groups is 1. The number of aromatic amines is 1. The fraction of sp³-hybridized carbons (Fsp3) is 0.636. The molecule has 0 radical (unpaired) electrons. The molecule has 4 unspecified atom stereocenters. The normalized spacial score (nSPS) is 23.1. The Labute approximate surface area is 586 Å². The van der Waals surface area contributed by atoms with E-state index in [0.717, 1.165) is 6.42 Å². The predicted octanol–water partition coefficient (Wildman–Crippen LogP) is -4.35. The van der Waals surface area contributed by atoms with Crippen molar-refractivity contribution in [3.8, 4) is 0 Å². The van der Waals surface area contributed by atoms with Crippen LogP contribution >= 0.6 is 11.8 Å². The van der Waals surface area contributed by atoms with Crippen molar-refractivity contribution in [2.24, 2.45) is 45.9 Å². The highest BCUT2D eigenvalue weighted by Gasteiger charge is 2.40. The van der Waals surface area contributed by atoms with E-state index >= 15 is 0 Å². The molecule has 1 aromatic heterocycles. The number of aliphatic imine (C=N–C) groups is 1. The second-order valence-electron chi connectivity index (χ2n) is 25.9. The van der Waals surface area contributed by atoms with Crippen molar-refractivity contribution in [1.29, 1.82) is 0 Å². The molecule has 100 heavy (non-hydrogen) atoms. The number of carboxylic acid groups (broad SMARTS) is 2. The summed E-state index contributed by atoms with van der Waals surface area (Å²) in [6.07, 6.45) is -0.0657. The topological polar surface area (TPSA) is 537 Å². The lowest BCUT2D eigenvalue weighted by Gasteiger charge is -2.30. The van der Waals surface area contributed by atoms with Gasteiger partial charge in [-0.05, 0) is 87.1 Å². The Morgan fingerprint density at radius 2 is 1.26 bits per heavy atom. The first-order valence-electron chi connectivity index (χ1n) is 34.1. The number of hydrogen-bond acceptors (Lipinski definition) is 21. The van der Waals surface area contributed by atoms with Gasteiger partial charge < -0.3 is 100 Å². The van der Waals surface area contributed by atoms with Crippen molar-refractivity contribution in [1.82, 2.24) is 68.5 Å². The second-order valence-corrected chi connectivity index (χ2v) is 27.1. The molecule has 0 aliphatic carbocycles. The van der Waals surface area contributed by atoms with E-state index in [1.54, 1.807) is 71.9 Å². The van der Waals surface area contributed by atoms with Crippen LogP contribution in [0.1, 0.15) is 150 Å². The van der Waals surface area contributed by atoms with Gasteiger partial charge in [-0.1, -0.05) is 117 Å². The minimum absolute atomic E-state index is 0.00773. The summed E-state index contributed by atoms with van der Waals surface area (Å²) in [5.41, 5.74) is 18.7. The highest BCUT2D eigenvalue weighted by molar-refractivity contribution is 8.15. The predicted molar refractivity (Wildman–Crippen MR) is 364 cm³/mol. The molecule has 0 spiro atoms. The van der Waals surface area contributed by atoms with E-state index in [2.05, 4.69) is 73.4 Å². The summed E-state index contributed by atoms with van der Waals surface area (Å²) < 4.78 is 0. The molecular weight excluding hydrogens is 1320 g/mol. The first-order chi connectivity index (χ1) is 47.4. The number of nitrogens with one attached hydrogen (secondary N) is 12. The van der Waals surface area contributed by atoms with Crippen LogP contribution in [0.25, 0.3) is 0 Å². The Hall–Kier alpha value is -9.05. The lowest BCUT2D eigenvalue weighted by atomic mass is 9.96. The summed E-state index contributed by atoms with van der Waals surface area (Å²) in [7, 11) is 0. The van der Waals surface area contributed by atoms with Crippen molar-refractivity contribution >= 4 is 99.6 Å². The fourth-order valence-electron chi connectivity index (χ4n) is 10.8. The Morgan fingerprint density at radius 3 is 1.85 bits per heavy atom. The van der Waals surface area contributed by atoms with Gasteiger partial charge in [-0.2, -0.15) is 0 Å². The average Bonchev–Trinajstić information content (AvgIpc) is 1.28. The third-order valence-corrected chi connectivity index (χ3v) is 18.7. The number of carbonyl (C=O) groups is 14. The first-order valence-corrected chi connectivity index (χ1v) is 34.9. The molecule has 0 saturated carbocycles. The number of aromatic nitrogens is 2. The van der Waals surface area contributed by atoms with Crippen molar-refractivity contribution in [3.63, 3.8) is 0 Å². The van der Waals surface area contributed by atoms with Crippen LogP contribution in [0.4, 0.5) is 0 Å². The smallest absolute Gasteiger partial charge is 0.243 e. The van der Waals surface area contributed by atoms with E-state index in [1.807, 2.05) is 13.8 Å². The molecule has 554 valence electrons. The third kappa shape index (κ3) is 27.6. The van der Waals surface area contributed by atoms with Gasteiger partial charge in [0.2, 0.25) is 70.9 Å². The van der Waals surface area contributed by atoms with Gasteiger partial charge >= 0.3 is 0 Å². The van der Waals surface area contributed by atoms with Crippen molar-refractivity contribution in [2.45, 2.75) is 223 Å². The zero-order valence-corrected chi connectivity index (χ0v) is 58.9. The van der Waals surface area contributed by atoms with Gasteiger partial charge in [0.1, 0.15) is 65.7 Å². The maximum absolute atomic E-state index is 14.9. The maximum atomic E-state index is 14.9. The molecule has 15 atom stereocenters. The largest absolute Gasteiger partial charge is 0.550 e. The number of nitrogens with two attached hydrogens (primary N) is 3. The SMILES string of the molecule is CCC(C)[C@H](N)C1=NCC(C(=O)N[C@@H](CC(C)C)C(=O)N[C@H](CCC(=O)[O-])C(=O)N[C@H](C(=O)N[C@H]2CCCCNC(=O)[C@H](CC(N)=O)NC(=O)[C@@H](CC(=O)[O-])NC(=O)[C@H](Cc3cnc[nH]3)NC(=O)[C@@H](Cc3ccccc3)NC(=O)[C@H](C(C)CC)NC(=O)[C@@H](CCCN)NC2=O)C(C)CC)S1. The van der Waals surface area contributed by atoms with Crippen molar-refractivity contribution in [2.75, 3.05) is 19.6 Å². The third-order valence-electron chi connectivity index (χ3n) is 17.5. The van der Waals surface area contributed by atoms with E-state index in [9.17, 15) is 77.3 Å². The molecule has 3 heterocycles. The number of aliphatic carboxylic acids is 2. The van der Waals surface area contributed by atoms with Gasteiger partial charge in [0.15, 0.2) is 0 Å². The molecular formula is C66H101N17O16S-2. The number of hydrogen-bond donors (Lipinski definition) is 15. The molecule has 4 rings (SSSR count). The van der Waals surface area contributed by atoms with E-state index in [-0.39, 0.29) is 101 Å². The molecule has 34 heteroatoms. The fourth-order valence-corrected chi connectivity index (χ4v) is 12.0. The van der Waals surface area contributed by atoms with E-state index in [4.69, 9.17) is 17.2 Å². The molecule has 2 aliphatic rings. The van der Waals surface area contributed by atoms with Gasteiger partial charge in [-0.25, -0.2) is 4.98 Å². The molecule has 1 saturated heterocycles. The first kappa shape index (κ1) is 83.4. The van der Waals surface area contributed by atoms with Crippen LogP contribution in [0.2, 0.25) is 0 Å². The minimum Gasteiger partial charge on any atom is -0.550 e. The summed E-state index contributed by atoms with van der Waals surface area (Å²) in [5, 5.41) is 52.5. The Bertz CT molecular complexity index is 3160. The number of carbonyl (C=O) groups excluding carboxylic acids is 14. The number of primary amides is 1. The number of carboxylic acids is 2. The van der Waals surface area contributed by atoms with Crippen LogP contribution in [0.3, 0.4) is 0 Å².